The third-order valence-corrected chi connectivity index (χ3v) is 5.60. The zero-order valence-electron chi connectivity index (χ0n) is 17.6. The van der Waals surface area contributed by atoms with E-state index in [1.54, 1.807) is 6.07 Å². The summed E-state index contributed by atoms with van der Waals surface area (Å²) in [4.78, 5) is 15.5. The number of carbonyl (C=O) groups is 1. The third kappa shape index (κ3) is 4.46. The van der Waals surface area contributed by atoms with Crippen LogP contribution in [0.1, 0.15) is 27.3 Å². The van der Waals surface area contributed by atoms with E-state index in [1.807, 2.05) is 24.5 Å². The Kier molecular flexibility index (Phi) is 6.04. The molecule has 0 unspecified atom stereocenters. The highest BCUT2D eigenvalue weighted by Gasteiger charge is 2.27. The maximum absolute atomic E-state index is 13.8. The second-order valence-corrected chi connectivity index (χ2v) is 7.68. The average molecular weight is 425 g/mol. The molecule has 1 fully saturated rings. The van der Waals surface area contributed by atoms with E-state index in [9.17, 15) is 13.6 Å². The molecular formula is C24H25F2N3O2. The number of amides is 1. The zero-order chi connectivity index (χ0) is 22.0. The number of morpholine rings is 1. The van der Waals surface area contributed by atoms with Crippen LogP contribution in [0.25, 0.3) is 0 Å². The van der Waals surface area contributed by atoms with Gasteiger partial charge in [-0.2, -0.15) is 0 Å². The van der Waals surface area contributed by atoms with Gasteiger partial charge in [0, 0.05) is 36.6 Å². The lowest BCUT2D eigenvalue weighted by Gasteiger charge is -2.29. The molecule has 0 radical (unpaired) electrons. The fourth-order valence-electron chi connectivity index (χ4n) is 4.17. The van der Waals surface area contributed by atoms with Crippen LogP contribution in [0.5, 0.6) is 0 Å². The van der Waals surface area contributed by atoms with Crippen molar-refractivity contribution in [3.05, 3.63) is 82.7 Å². The summed E-state index contributed by atoms with van der Waals surface area (Å²) in [5, 5.41) is 2.86. The molecule has 4 rings (SSSR count). The van der Waals surface area contributed by atoms with Crippen molar-refractivity contribution in [3.63, 3.8) is 0 Å². The van der Waals surface area contributed by atoms with Crippen LogP contribution < -0.4 is 10.2 Å². The van der Waals surface area contributed by atoms with Crippen molar-refractivity contribution >= 4 is 17.3 Å². The van der Waals surface area contributed by atoms with Crippen molar-refractivity contribution in [2.75, 3.05) is 36.5 Å². The van der Waals surface area contributed by atoms with Gasteiger partial charge in [0.2, 0.25) is 0 Å². The SMILES string of the molecule is Cc1c(N2CCOCC2)c(C)n(Cc2cccc(F)c2)c1C(=O)Nc1ccc(F)cc1. The van der Waals surface area contributed by atoms with Crippen LogP contribution in [-0.4, -0.2) is 36.8 Å². The molecule has 0 atom stereocenters. The summed E-state index contributed by atoms with van der Waals surface area (Å²) in [7, 11) is 0. The molecule has 0 saturated carbocycles. The van der Waals surface area contributed by atoms with Gasteiger partial charge in [-0.05, 0) is 55.8 Å². The molecule has 1 N–H and O–H groups in total. The fraction of sp³-hybridized carbons (Fsp3) is 0.292. The number of nitrogens with one attached hydrogen (secondary N) is 1. The van der Waals surface area contributed by atoms with Crippen LogP contribution >= 0.6 is 0 Å². The van der Waals surface area contributed by atoms with Gasteiger partial charge >= 0.3 is 0 Å². The molecule has 31 heavy (non-hydrogen) atoms. The van der Waals surface area contributed by atoms with Crippen LogP contribution in [-0.2, 0) is 11.3 Å². The fourth-order valence-corrected chi connectivity index (χ4v) is 4.17. The Hall–Kier alpha value is -3.19. The molecule has 1 aromatic heterocycles. The Labute approximate surface area is 180 Å². The van der Waals surface area contributed by atoms with Gasteiger partial charge in [-0.3, -0.25) is 4.79 Å². The van der Waals surface area contributed by atoms with Gasteiger partial charge in [-0.15, -0.1) is 0 Å². The first-order valence-electron chi connectivity index (χ1n) is 10.3. The van der Waals surface area contributed by atoms with E-state index < -0.39 is 0 Å². The molecule has 1 saturated heterocycles. The summed E-state index contributed by atoms with van der Waals surface area (Å²) in [6.07, 6.45) is 0. The molecule has 7 heteroatoms. The van der Waals surface area contributed by atoms with E-state index >= 15 is 0 Å². The first kappa shape index (κ1) is 21.1. The lowest BCUT2D eigenvalue weighted by Crippen LogP contribution is -2.36. The van der Waals surface area contributed by atoms with E-state index in [-0.39, 0.29) is 17.5 Å². The number of hydrogen-bond donors (Lipinski definition) is 1. The van der Waals surface area contributed by atoms with Crippen molar-refractivity contribution in [3.8, 4) is 0 Å². The molecule has 5 nitrogen and oxygen atoms in total. The number of halogens is 2. The highest BCUT2D eigenvalue weighted by molar-refractivity contribution is 6.05. The Morgan fingerprint density at radius 3 is 2.42 bits per heavy atom. The first-order valence-corrected chi connectivity index (χ1v) is 10.3. The summed E-state index contributed by atoms with van der Waals surface area (Å²) in [6.45, 7) is 7.01. The van der Waals surface area contributed by atoms with Gasteiger partial charge in [0.15, 0.2) is 0 Å². The van der Waals surface area contributed by atoms with E-state index in [2.05, 4.69) is 10.2 Å². The highest BCUT2D eigenvalue weighted by atomic mass is 19.1. The Bertz CT molecular complexity index is 1090. The number of rotatable bonds is 5. The van der Waals surface area contributed by atoms with Crippen molar-refractivity contribution in [1.29, 1.82) is 0 Å². The van der Waals surface area contributed by atoms with Crippen LogP contribution in [0.3, 0.4) is 0 Å². The Morgan fingerprint density at radius 1 is 1.03 bits per heavy atom. The van der Waals surface area contributed by atoms with Crippen LogP contribution in [0.2, 0.25) is 0 Å². The summed E-state index contributed by atoms with van der Waals surface area (Å²) < 4.78 is 34.4. The Balaban J connectivity index is 1.75. The van der Waals surface area contributed by atoms with Crippen LogP contribution in [0.4, 0.5) is 20.2 Å². The number of benzene rings is 2. The molecule has 1 aliphatic rings. The zero-order valence-corrected chi connectivity index (χ0v) is 17.6. The molecule has 1 aliphatic heterocycles. The second-order valence-electron chi connectivity index (χ2n) is 7.68. The largest absolute Gasteiger partial charge is 0.378 e. The summed E-state index contributed by atoms with van der Waals surface area (Å²) in [5.41, 5.74) is 4.58. The third-order valence-electron chi connectivity index (χ3n) is 5.60. The Morgan fingerprint density at radius 2 is 1.74 bits per heavy atom. The quantitative estimate of drug-likeness (QED) is 0.654. The number of aromatic nitrogens is 1. The molecule has 2 heterocycles. The normalized spacial score (nSPS) is 14.0. The monoisotopic (exact) mass is 425 g/mol. The van der Waals surface area contributed by atoms with Crippen LogP contribution in [0.15, 0.2) is 48.5 Å². The molecule has 162 valence electrons. The summed E-state index contributed by atoms with van der Waals surface area (Å²) >= 11 is 0. The van der Waals surface area contributed by atoms with Gasteiger partial charge in [-0.1, -0.05) is 12.1 Å². The predicted octanol–water partition coefficient (Wildman–Crippen LogP) is 4.52. The summed E-state index contributed by atoms with van der Waals surface area (Å²) in [5.74, 6) is -0.970. The van der Waals surface area contributed by atoms with Gasteiger partial charge in [0.1, 0.15) is 17.3 Å². The molecular weight excluding hydrogens is 400 g/mol. The number of ether oxygens (including phenoxy) is 1. The molecule has 0 aliphatic carbocycles. The average Bonchev–Trinajstić information content (AvgIpc) is 3.00. The highest BCUT2D eigenvalue weighted by Crippen LogP contribution is 2.33. The number of hydrogen-bond acceptors (Lipinski definition) is 3. The van der Waals surface area contributed by atoms with Gasteiger partial charge in [-0.25, -0.2) is 8.78 Å². The number of anilines is 2. The molecule has 3 aromatic rings. The standard InChI is InChI=1S/C24H25F2N3O2/c1-16-22(28-10-12-31-13-11-28)17(2)29(15-18-4-3-5-20(26)14-18)23(16)24(30)27-21-8-6-19(25)7-9-21/h3-9,14H,10-13,15H2,1-2H3,(H,27,30). The maximum atomic E-state index is 13.8. The van der Waals surface area contributed by atoms with Crippen molar-refractivity contribution in [2.24, 2.45) is 0 Å². The topological polar surface area (TPSA) is 46.5 Å². The van der Waals surface area contributed by atoms with E-state index in [1.165, 1.54) is 36.4 Å². The number of carbonyl (C=O) groups excluding carboxylic acids is 1. The van der Waals surface area contributed by atoms with E-state index in [4.69, 9.17) is 4.74 Å². The lowest BCUT2D eigenvalue weighted by atomic mass is 10.1. The van der Waals surface area contributed by atoms with E-state index in [0.29, 0.717) is 31.1 Å². The van der Waals surface area contributed by atoms with Crippen molar-refractivity contribution in [2.45, 2.75) is 20.4 Å². The minimum absolute atomic E-state index is 0.289. The lowest BCUT2D eigenvalue weighted by molar-refractivity contribution is 0.101. The minimum Gasteiger partial charge on any atom is -0.378 e. The van der Waals surface area contributed by atoms with Gasteiger partial charge in [0.25, 0.3) is 5.91 Å². The van der Waals surface area contributed by atoms with Gasteiger partial charge in [0.05, 0.1) is 18.9 Å². The maximum Gasteiger partial charge on any atom is 0.272 e. The van der Waals surface area contributed by atoms with Crippen molar-refractivity contribution in [1.82, 2.24) is 4.57 Å². The molecule has 0 bridgehead atoms. The predicted molar refractivity (Wildman–Crippen MR) is 117 cm³/mol. The molecule has 1 amide bonds. The van der Waals surface area contributed by atoms with Crippen molar-refractivity contribution < 1.29 is 18.3 Å². The van der Waals surface area contributed by atoms with E-state index in [0.717, 1.165) is 35.6 Å². The minimum atomic E-state index is -0.367. The smallest absolute Gasteiger partial charge is 0.272 e. The second kappa shape index (κ2) is 8.89. The molecule has 2 aromatic carbocycles. The number of nitrogens with zero attached hydrogens (tertiary/aromatic N) is 2. The molecule has 0 spiro atoms. The summed E-state index contributed by atoms with van der Waals surface area (Å²) in [6, 6.07) is 12.0. The first-order chi connectivity index (χ1) is 14.9. The van der Waals surface area contributed by atoms with Gasteiger partial charge < -0.3 is 19.5 Å². The van der Waals surface area contributed by atoms with Crippen LogP contribution in [0, 0.1) is 25.5 Å².